The summed E-state index contributed by atoms with van der Waals surface area (Å²) in [6, 6.07) is 5.83. The summed E-state index contributed by atoms with van der Waals surface area (Å²) in [6.45, 7) is 0.677. The lowest BCUT2D eigenvalue weighted by Gasteiger charge is -2.20. The van der Waals surface area contributed by atoms with Crippen LogP contribution in [0.1, 0.15) is 12.0 Å². The van der Waals surface area contributed by atoms with Crippen molar-refractivity contribution in [1.29, 1.82) is 0 Å². The molecule has 1 saturated heterocycles. The molecule has 1 amide bonds. The molecule has 20 heavy (non-hydrogen) atoms. The molecule has 2 atom stereocenters. The van der Waals surface area contributed by atoms with Crippen LogP contribution in [0, 0.1) is 5.92 Å². The van der Waals surface area contributed by atoms with Crippen molar-refractivity contribution in [3.05, 3.63) is 29.8 Å². The van der Waals surface area contributed by atoms with E-state index >= 15 is 0 Å². The van der Waals surface area contributed by atoms with Crippen molar-refractivity contribution >= 4 is 11.9 Å². The molecule has 0 bridgehead atoms. The van der Waals surface area contributed by atoms with E-state index in [0.717, 1.165) is 5.56 Å². The van der Waals surface area contributed by atoms with E-state index in [0.29, 0.717) is 19.4 Å². The second-order valence-electron chi connectivity index (χ2n) is 5.09. The molecule has 6 nitrogen and oxygen atoms in total. The molecule has 6 heteroatoms. The van der Waals surface area contributed by atoms with Crippen molar-refractivity contribution in [3.63, 3.8) is 0 Å². The molecule has 0 spiro atoms. The fourth-order valence-electron chi connectivity index (χ4n) is 2.37. The largest absolute Gasteiger partial charge is 0.508 e. The molecule has 4 N–H and O–H groups in total. The summed E-state index contributed by atoms with van der Waals surface area (Å²) in [7, 11) is 0. The fraction of sp³-hybridized carbons (Fsp3) is 0.429. The monoisotopic (exact) mass is 278 g/mol. The van der Waals surface area contributed by atoms with E-state index in [1.54, 1.807) is 24.3 Å². The third-order valence-electron chi connectivity index (χ3n) is 3.56. The van der Waals surface area contributed by atoms with Crippen molar-refractivity contribution < 1.29 is 19.8 Å². The molecule has 0 radical (unpaired) electrons. The minimum Gasteiger partial charge on any atom is -0.508 e. The lowest BCUT2D eigenvalue weighted by Crippen LogP contribution is -2.44. The van der Waals surface area contributed by atoms with E-state index in [9.17, 15) is 14.7 Å². The summed E-state index contributed by atoms with van der Waals surface area (Å²) >= 11 is 0. The van der Waals surface area contributed by atoms with E-state index in [-0.39, 0.29) is 18.2 Å². The fourth-order valence-corrected chi connectivity index (χ4v) is 2.37. The van der Waals surface area contributed by atoms with E-state index < -0.39 is 17.9 Å². The highest BCUT2D eigenvalue weighted by atomic mass is 16.4. The van der Waals surface area contributed by atoms with Gasteiger partial charge in [0.25, 0.3) is 0 Å². The summed E-state index contributed by atoms with van der Waals surface area (Å²) < 4.78 is 0. The van der Waals surface area contributed by atoms with Gasteiger partial charge in [0.15, 0.2) is 0 Å². The van der Waals surface area contributed by atoms with Crippen LogP contribution in [-0.2, 0) is 16.0 Å². The zero-order valence-corrected chi connectivity index (χ0v) is 11.0. The highest BCUT2D eigenvalue weighted by Gasteiger charge is 2.32. The number of aliphatic carboxylic acids is 1. The van der Waals surface area contributed by atoms with Crippen LogP contribution in [-0.4, -0.2) is 46.1 Å². The molecular weight excluding hydrogens is 260 g/mol. The minimum atomic E-state index is -0.868. The predicted molar refractivity (Wildman–Crippen MR) is 72.1 cm³/mol. The number of carboxylic acids is 1. The predicted octanol–water partition coefficient (Wildman–Crippen LogP) is 0.195. The normalized spacial score (nSPS) is 19.9. The lowest BCUT2D eigenvalue weighted by atomic mass is 10.1. The van der Waals surface area contributed by atoms with Crippen LogP contribution in [0.25, 0.3) is 0 Å². The van der Waals surface area contributed by atoms with Gasteiger partial charge in [-0.15, -0.1) is 0 Å². The summed E-state index contributed by atoms with van der Waals surface area (Å²) in [6.07, 6.45) is 0.848. The second-order valence-corrected chi connectivity index (χ2v) is 5.09. The van der Waals surface area contributed by atoms with Gasteiger partial charge in [-0.1, -0.05) is 12.1 Å². The van der Waals surface area contributed by atoms with E-state index in [4.69, 9.17) is 10.8 Å². The Balaban J connectivity index is 1.92. The van der Waals surface area contributed by atoms with Crippen molar-refractivity contribution in [2.75, 3.05) is 13.1 Å². The number of rotatable bonds is 4. The first-order valence-electron chi connectivity index (χ1n) is 6.52. The highest BCUT2D eigenvalue weighted by Crippen LogP contribution is 2.18. The van der Waals surface area contributed by atoms with Crippen LogP contribution in [0.2, 0.25) is 0 Å². The van der Waals surface area contributed by atoms with Gasteiger partial charge in [0.05, 0.1) is 12.0 Å². The van der Waals surface area contributed by atoms with Gasteiger partial charge < -0.3 is 20.8 Å². The Morgan fingerprint density at radius 3 is 2.55 bits per heavy atom. The zero-order valence-electron chi connectivity index (χ0n) is 11.0. The molecule has 2 rings (SSSR count). The van der Waals surface area contributed by atoms with E-state index in [1.807, 2.05) is 0 Å². The van der Waals surface area contributed by atoms with E-state index in [1.165, 1.54) is 4.90 Å². The summed E-state index contributed by atoms with van der Waals surface area (Å²) in [4.78, 5) is 24.5. The van der Waals surface area contributed by atoms with Crippen molar-refractivity contribution in [1.82, 2.24) is 4.90 Å². The molecule has 1 aliphatic heterocycles. The molecule has 0 saturated carbocycles. The molecular formula is C14H18N2O4. The van der Waals surface area contributed by atoms with E-state index in [2.05, 4.69) is 0 Å². The topological polar surface area (TPSA) is 104 Å². The molecule has 2 unspecified atom stereocenters. The first kappa shape index (κ1) is 14.3. The lowest BCUT2D eigenvalue weighted by molar-refractivity contribution is -0.141. The number of aromatic hydroxyl groups is 1. The molecule has 1 fully saturated rings. The van der Waals surface area contributed by atoms with Crippen LogP contribution in [0.4, 0.5) is 0 Å². The number of hydrogen-bond acceptors (Lipinski definition) is 4. The van der Waals surface area contributed by atoms with Crippen molar-refractivity contribution in [2.24, 2.45) is 11.7 Å². The zero-order chi connectivity index (χ0) is 14.7. The number of nitrogens with zero attached hydrogens (tertiary/aromatic N) is 1. The number of carbonyl (C=O) groups is 2. The van der Waals surface area contributed by atoms with Gasteiger partial charge >= 0.3 is 5.97 Å². The summed E-state index contributed by atoms with van der Waals surface area (Å²) in [5.41, 5.74) is 6.75. The molecule has 1 aromatic carbocycles. The maximum absolute atomic E-state index is 12.1. The molecule has 1 heterocycles. The quantitative estimate of drug-likeness (QED) is 0.729. The standard InChI is InChI=1S/C14H18N2O4/c15-12(7-9-1-3-11(17)4-2-9)13(18)16-6-5-10(8-16)14(19)20/h1-4,10,12,17H,5-8,15H2,(H,19,20). The molecule has 0 aliphatic carbocycles. The minimum absolute atomic E-state index is 0.164. The Morgan fingerprint density at radius 1 is 1.35 bits per heavy atom. The van der Waals surface area contributed by atoms with Gasteiger partial charge in [0, 0.05) is 13.1 Å². The van der Waals surface area contributed by atoms with Crippen molar-refractivity contribution in [3.8, 4) is 5.75 Å². The number of phenolic OH excluding ortho intramolecular Hbond substituents is 1. The molecule has 0 aromatic heterocycles. The number of amides is 1. The third-order valence-corrected chi connectivity index (χ3v) is 3.56. The molecule has 1 aromatic rings. The number of hydrogen-bond donors (Lipinski definition) is 3. The van der Waals surface area contributed by atoms with Crippen LogP contribution in [0.5, 0.6) is 5.75 Å². The Bertz CT molecular complexity index is 500. The number of nitrogens with two attached hydrogens (primary N) is 1. The number of phenols is 1. The Kier molecular flexibility index (Phi) is 4.24. The number of carbonyl (C=O) groups excluding carboxylic acids is 1. The number of benzene rings is 1. The van der Waals surface area contributed by atoms with Gasteiger partial charge in [-0.2, -0.15) is 0 Å². The first-order chi connectivity index (χ1) is 9.47. The third kappa shape index (κ3) is 3.27. The molecule has 108 valence electrons. The van der Waals surface area contributed by atoms with Crippen LogP contribution < -0.4 is 5.73 Å². The van der Waals surface area contributed by atoms with Crippen LogP contribution >= 0.6 is 0 Å². The average Bonchev–Trinajstić information content (AvgIpc) is 2.90. The first-order valence-corrected chi connectivity index (χ1v) is 6.52. The summed E-state index contributed by atoms with van der Waals surface area (Å²) in [5, 5.41) is 18.1. The van der Waals surface area contributed by atoms with Gasteiger partial charge in [0.1, 0.15) is 5.75 Å². The van der Waals surface area contributed by atoms with Gasteiger partial charge in [-0.05, 0) is 30.5 Å². The van der Waals surface area contributed by atoms with Gasteiger partial charge in [-0.3, -0.25) is 9.59 Å². The Labute approximate surface area is 116 Å². The van der Waals surface area contributed by atoms with Crippen molar-refractivity contribution in [2.45, 2.75) is 18.9 Å². The Hall–Kier alpha value is -2.08. The number of carboxylic acid groups (broad SMARTS) is 1. The smallest absolute Gasteiger partial charge is 0.308 e. The SMILES string of the molecule is NC(Cc1ccc(O)cc1)C(=O)N1CCC(C(=O)O)C1. The number of likely N-dealkylation sites (tertiary alicyclic amines) is 1. The average molecular weight is 278 g/mol. The second kappa shape index (κ2) is 5.92. The van der Waals surface area contributed by atoms with Gasteiger partial charge in [0.2, 0.25) is 5.91 Å². The van der Waals surface area contributed by atoms with Crippen LogP contribution in [0.3, 0.4) is 0 Å². The maximum Gasteiger partial charge on any atom is 0.308 e. The highest BCUT2D eigenvalue weighted by molar-refractivity contribution is 5.83. The maximum atomic E-state index is 12.1. The Morgan fingerprint density at radius 2 is 2.00 bits per heavy atom. The molecule has 1 aliphatic rings. The summed E-state index contributed by atoms with van der Waals surface area (Å²) in [5.74, 6) is -1.41. The van der Waals surface area contributed by atoms with Crippen LogP contribution in [0.15, 0.2) is 24.3 Å². The van der Waals surface area contributed by atoms with Gasteiger partial charge in [-0.25, -0.2) is 0 Å².